The molecule has 1 heterocycles. The lowest BCUT2D eigenvalue weighted by Gasteiger charge is -2.23. The number of hydrogen-bond donors (Lipinski definition) is 0. The van der Waals surface area contributed by atoms with E-state index in [1.807, 2.05) is 0 Å². The quantitative estimate of drug-likeness (QED) is 0.794. The zero-order valence-electron chi connectivity index (χ0n) is 9.67. The third kappa shape index (κ3) is 4.18. The van der Waals surface area contributed by atoms with Crippen molar-refractivity contribution in [3.63, 3.8) is 0 Å². The van der Waals surface area contributed by atoms with Crippen LogP contribution in [0.2, 0.25) is 5.15 Å². The van der Waals surface area contributed by atoms with Crippen molar-refractivity contribution in [1.82, 2.24) is 9.88 Å². The Morgan fingerprint density at radius 3 is 2.67 bits per heavy atom. The van der Waals surface area contributed by atoms with Crippen molar-refractivity contribution in [1.29, 1.82) is 0 Å². The number of carbonyl (C=O) groups is 1. The fourth-order valence-corrected chi connectivity index (χ4v) is 1.65. The Labute approximate surface area is 108 Å². The minimum Gasteiger partial charge on any atom is -0.329 e. The third-order valence-electron chi connectivity index (χ3n) is 2.14. The molecule has 0 aromatic carbocycles. The number of rotatable bonds is 4. The Kier molecular flexibility index (Phi) is 4.95. The maximum absolute atomic E-state index is 12.4. The Balaban J connectivity index is 2.93. The molecule has 100 valence electrons. The van der Waals surface area contributed by atoms with Gasteiger partial charge in [-0.1, -0.05) is 18.5 Å². The van der Waals surface area contributed by atoms with Gasteiger partial charge in [-0.2, -0.15) is 13.2 Å². The van der Waals surface area contributed by atoms with Gasteiger partial charge in [-0.25, -0.2) is 4.98 Å². The van der Waals surface area contributed by atoms with Crippen LogP contribution in [-0.4, -0.2) is 35.1 Å². The third-order valence-corrected chi connectivity index (χ3v) is 2.44. The lowest BCUT2D eigenvalue weighted by atomic mass is 10.2. The van der Waals surface area contributed by atoms with E-state index in [-0.39, 0.29) is 17.3 Å². The van der Waals surface area contributed by atoms with Gasteiger partial charge in [0, 0.05) is 12.7 Å². The standard InChI is InChI=1S/C11H12ClF3N2O/c1-2-6-17(7-11(13,14)15)10(18)8-4-3-5-16-9(8)12/h3-5H,2,6-7H2,1H3. The number of amides is 1. The maximum Gasteiger partial charge on any atom is 0.406 e. The fourth-order valence-electron chi connectivity index (χ4n) is 1.45. The van der Waals surface area contributed by atoms with Crippen LogP contribution in [-0.2, 0) is 0 Å². The smallest absolute Gasteiger partial charge is 0.329 e. The summed E-state index contributed by atoms with van der Waals surface area (Å²) in [5.74, 6) is -0.757. The molecule has 0 aliphatic heterocycles. The molecule has 0 atom stereocenters. The number of hydrogen-bond acceptors (Lipinski definition) is 2. The van der Waals surface area contributed by atoms with Crippen molar-refractivity contribution >= 4 is 17.5 Å². The van der Waals surface area contributed by atoms with Gasteiger partial charge in [-0.05, 0) is 18.6 Å². The Morgan fingerprint density at radius 1 is 1.50 bits per heavy atom. The van der Waals surface area contributed by atoms with E-state index in [1.165, 1.54) is 18.3 Å². The largest absolute Gasteiger partial charge is 0.406 e. The van der Waals surface area contributed by atoms with Crippen LogP contribution in [0, 0.1) is 0 Å². The van der Waals surface area contributed by atoms with E-state index in [0.29, 0.717) is 6.42 Å². The second-order valence-corrected chi connectivity index (χ2v) is 4.04. The number of aromatic nitrogens is 1. The van der Waals surface area contributed by atoms with Crippen LogP contribution in [0.25, 0.3) is 0 Å². The van der Waals surface area contributed by atoms with E-state index in [1.54, 1.807) is 6.92 Å². The van der Waals surface area contributed by atoms with Crippen molar-refractivity contribution in [3.05, 3.63) is 29.0 Å². The highest BCUT2D eigenvalue weighted by molar-refractivity contribution is 6.32. The van der Waals surface area contributed by atoms with Crippen molar-refractivity contribution in [2.24, 2.45) is 0 Å². The first-order valence-corrected chi connectivity index (χ1v) is 5.69. The molecule has 1 aromatic rings. The van der Waals surface area contributed by atoms with E-state index < -0.39 is 18.6 Å². The summed E-state index contributed by atoms with van der Waals surface area (Å²) in [6.45, 7) is 0.427. The molecule has 0 unspecified atom stereocenters. The van der Waals surface area contributed by atoms with Crippen molar-refractivity contribution < 1.29 is 18.0 Å². The SMILES string of the molecule is CCCN(CC(F)(F)F)C(=O)c1cccnc1Cl. The summed E-state index contributed by atoms with van der Waals surface area (Å²) in [5, 5.41) is -0.0919. The molecule has 1 rings (SSSR count). The molecule has 0 spiro atoms. The first kappa shape index (κ1) is 14.8. The van der Waals surface area contributed by atoms with Crippen molar-refractivity contribution in [2.45, 2.75) is 19.5 Å². The summed E-state index contributed by atoms with van der Waals surface area (Å²) < 4.78 is 37.1. The summed E-state index contributed by atoms with van der Waals surface area (Å²) in [7, 11) is 0. The van der Waals surface area contributed by atoms with Gasteiger partial charge >= 0.3 is 6.18 Å². The average molecular weight is 281 g/mol. The zero-order valence-corrected chi connectivity index (χ0v) is 10.4. The van der Waals surface area contributed by atoms with Crippen molar-refractivity contribution in [3.8, 4) is 0 Å². The minimum absolute atomic E-state index is 0.0168. The Hall–Kier alpha value is -1.30. The van der Waals surface area contributed by atoms with E-state index in [0.717, 1.165) is 4.90 Å². The molecule has 0 aliphatic carbocycles. The number of carbonyl (C=O) groups excluding carboxylic acids is 1. The van der Waals surface area contributed by atoms with Gasteiger partial charge in [0.25, 0.3) is 5.91 Å². The maximum atomic E-state index is 12.4. The number of pyridine rings is 1. The normalized spacial score (nSPS) is 11.4. The van der Waals surface area contributed by atoms with Crippen LogP contribution < -0.4 is 0 Å². The van der Waals surface area contributed by atoms with E-state index >= 15 is 0 Å². The summed E-state index contributed by atoms with van der Waals surface area (Å²) in [6, 6.07) is 2.81. The molecule has 0 aliphatic rings. The molecular weight excluding hydrogens is 269 g/mol. The molecule has 1 aromatic heterocycles. The van der Waals surface area contributed by atoms with Gasteiger partial charge in [0.2, 0.25) is 0 Å². The number of nitrogens with zero attached hydrogens (tertiary/aromatic N) is 2. The second kappa shape index (κ2) is 6.04. The molecule has 0 bridgehead atoms. The van der Waals surface area contributed by atoms with Crippen LogP contribution in [0.5, 0.6) is 0 Å². The first-order chi connectivity index (χ1) is 8.35. The van der Waals surface area contributed by atoms with Crippen LogP contribution in [0.15, 0.2) is 18.3 Å². The van der Waals surface area contributed by atoms with Gasteiger partial charge in [0.15, 0.2) is 0 Å². The van der Waals surface area contributed by atoms with E-state index in [4.69, 9.17) is 11.6 Å². The summed E-state index contributed by atoms with van der Waals surface area (Å²) >= 11 is 5.69. The molecule has 3 nitrogen and oxygen atoms in total. The van der Waals surface area contributed by atoms with Crippen LogP contribution in [0.3, 0.4) is 0 Å². The van der Waals surface area contributed by atoms with E-state index in [2.05, 4.69) is 4.98 Å². The van der Waals surface area contributed by atoms with Crippen molar-refractivity contribution in [2.75, 3.05) is 13.1 Å². The lowest BCUT2D eigenvalue weighted by molar-refractivity contribution is -0.140. The number of halogens is 4. The first-order valence-electron chi connectivity index (χ1n) is 5.31. The van der Waals surface area contributed by atoms with E-state index in [9.17, 15) is 18.0 Å². The molecular formula is C11H12ClF3N2O. The molecule has 1 amide bonds. The van der Waals surface area contributed by atoms with Gasteiger partial charge in [-0.15, -0.1) is 0 Å². The van der Waals surface area contributed by atoms with Gasteiger partial charge in [-0.3, -0.25) is 4.79 Å². The predicted molar refractivity (Wildman–Crippen MR) is 61.5 cm³/mol. The predicted octanol–water partition coefficient (Wildman–Crippen LogP) is 3.15. The average Bonchev–Trinajstić information content (AvgIpc) is 2.26. The van der Waals surface area contributed by atoms with Crippen LogP contribution >= 0.6 is 11.6 Å². The highest BCUT2D eigenvalue weighted by Crippen LogP contribution is 2.20. The zero-order chi connectivity index (χ0) is 13.8. The Bertz CT molecular complexity index is 423. The molecule has 0 saturated heterocycles. The number of alkyl halides is 3. The topological polar surface area (TPSA) is 33.2 Å². The van der Waals surface area contributed by atoms with Gasteiger partial charge in [0.05, 0.1) is 5.56 Å². The van der Waals surface area contributed by atoms with Gasteiger partial charge < -0.3 is 4.90 Å². The summed E-state index contributed by atoms with van der Waals surface area (Å²) in [6.07, 6.45) is -2.63. The Morgan fingerprint density at radius 2 is 2.17 bits per heavy atom. The minimum atomic E-state index is -4.43. The van der Waals surface area contributed by atoms with Crippen LogP contribution in [0.1, 0.15) is 23.7 Å². The molecule has 0 saturated carbocycles. The second-order valence-electron chi connectivity index (χ2n) is 3.68. The van der Waals surface area contributed by atoms with Crippen LogP contribution in [0.4, 0.5) is 13.2 Å². The summed E-state index contributed by atoms with van der Waals surface area (Å²) in [4.78, 5) is 16.3. The molecule has 0 N–H and O–H groups in total. The highest BCUT2D eigenvalue weighted by atomic mass is 35.5. The highest BCUT2D eigenvalue weighted by Gasteiger charge is 2.33. The monoisotopic (exact) mass is 280 g/mol. The van der Waals surface area contributed by atoms with Gasteiger partial charge in [0.1, 0.15) is 11.7 Å². The lowest BCUT2D eigenvalue weighted by Crippen LogP contribution is -2.39. The molecule has 7 heteroatoms. The molecule has 18 heavy (non-hydrogen) atoms. The fraction of sp³-hybridized carbons (Fsp3) is 0.455. The molecule has 0 radical (unpaired) electrons. The summed E-state index contributed by atoms with van der Waals surface area (Å²) in [5.41, 5.74) is -0.0168. The molecule has 0 fully saturated rings.